The van der Waals surface area contributed by atoms with Crippen LogP contribution in [0.4, 0.5) is 4.39 Å². The van der Waals surface area contributed by atoms with E-state index in [9.17, 15) is 9.18 Å². The lowest BCUT2D eigenvalue weighted by atomic mass is 10.0. The number of pyridine rings is 1. The summed E-state index contributed by atoms with van der Waals surface area (Å²) in [5.74, 6) is 0.848. The molecule has 0 bridgehead atoms. The lowest BCUT2D eigenvalue weighted by Gasteiger charge is -2.36. The summed E-state index contributed by atoms with van der Waals surface area (Å²) in [6, 6.07) is 8.47. The molecule has 5 heterocycles. The fraction of sp³-hybridized carbons (Fsp3) is 0.458. The van der Waals surface area contributed by atoms with Crippen LogP contribution in [-0.2, 0) is 6.54 Å². The zero-order valence-electron chi connectivity index (χ0n) is 18.7. The highest BCUT2D eigenvalue weighted by Crippen LogP contribution is 2.34. The standard InChI is InChI=1S/C24H26FN5O4/c25-19-3-1-15-2-4-21(31)30-18(14-34-23(19)22(15)30)13-29-7-5-16(6-8-29)26-12-17-11-20-24(28-27-17)33-10-9-32-20/h1-4,11,16,18,26H,5-10,12-14H2/t18-/m1/s1. The number of likely N-dealkylation sites (tertiary alicyclic amines) is 1. The number of hydrogen-bond acceptors (Lipinski definition) is 8. The molecule has 0 aliphatic carbocycles. The predicted molar refractivity (Wildman–Crippen MR) is 122 cm³/mol. The maximum atomic E-state index is 14.3. The summed E-state index contributed by atoms with van der Waals surface area (Å²) in [6.45, 7) is 4.42. The van der Waals surface area contributed by atoms with Crippen LogP contribution in [0.1, 0.15) is 24.6 Å². The third-order valence-electron chi connectivity index (χ3n) is 6.77. The highest BCUT2D eigenvalue weighted by molar-refractivity contribution is 5.85. The fourth-order valence-electron chi connectivity index (χ4n) is 5.03. The molecule has 3 aliphatic rings. The molecule has 0 saturated carbocycles. The van der Waals surface area contributed by atoms with Gasteiger partial charge in [-0.05, 0) is 44.1 Å². The minimum atomic E-state index is -0.431. The minimum Gasteiger partial charge on any atom is -0.486 e. The molecule has 0 unspecified atom stereocenters. The van der Waals surface area contributed by atoms with Crippen molar-refractivity contribution in [2.24, 2.45) is 0 Å². The minimum absolute atomic E-state index is 0.121. The van der Waals surface area contributed by atoms with Gasteiger partial charge in [-0.15, -0.1) is 5.10 Å². The summed E-state index contributed by atoms with van der Waals surface area (Å²) < 4.78 is 32.8. The molecule has 1 N–H and O–H groups in total. The monoisotopic (exact) mass is 467 g/mol. The van der Waals surface area contributed by atoms with Crippen LogP contribution in [0.15, 0.2) is 35.1 Å². The van der Waals surface area contributed by atoms with Gasteiger partial charge in [-0.3, -0.25) is 9.36 Å². The van der Waals surface area contributed by atoms with Gasteiger partial charge in [-0.1, -0.05) is 0 Å². The molecule has 3 aliphatic heterocycles. The van der Waals surface area contributed by atoms with Crippen molar-refractivity contribution in [1.82, 2.24) is 25.0 Å². The largest absolute Gasteiger partial charge is 0.486 e. The first-order chi connectivity index (χ1) is 16.7. The van der Waals surface area contributed by atoms with Crippen LogP contribution in [0, 0.1) is 5.82 Å². The van der Waals surface area contributed by atoms with Crippen molar-refractivity contribution < 1.29 is 18.6 Å². The van der Waals surface area contributed by atoms with Crippen LogP contribution in [0.3, 0.4) is 0 Å². The normalized spacial score (nSPS) is 20.3. The first kappa shape index (κ1) is 21.3. The molecule has 9 nitrogen and oxygen atoms in total. The van der Waals surface area contributed by atoms with E-state index in [0.29, 0.717) is 49.5 Å². The summed E-state index contributed by atoms with van der Waals surface area (Å²) in [5, 5.41) is 12.7. The highest BCUT2D eigenvalue weighted by Gasteiger charge is 2.29. The van der Waals surface area contributed by atoms with Gasteiger partial charge in [0, 0.05) is 36.7 Å². The molecule has 0 amide bonds. The maximum Gasteiger partial charge on any atom is 0.276 e. The van der Waals surface area contributed by atoms with E-state index in [1.807, 2.05) is 6.07 Å². The number of benzene rings is 1. The second-order valence-corrected chi connectivity index (χ2v) is 8.98. The Balaban J connectivity index is 1.07. The molecule has 0 spiro atoms. The van der Waals surface area contributed by atoms with Gasteiger partial charge in [-0.2, -0.15) is 5.10 Å². The Labute approximate surface area is 195 Å². The van der Waals surface area contributed by atoms with E-state index in [0.717, 1.165) is 37.0 Å². The second kappa shape index (κ2) is 8.84. The summed E-state index contributed by atoms with van der Waals surface area (Å²) >= 11 is 0. The van der Waals surface area contributed by atoms with Crippen LogP contribution in [-0.4, -0.2) is 65.2 Å². The van der Waals surface area contributed by atoms with Crippen LogP contribution in [0.25, 0.3) is 10.9 Å². The van der Waals surface area contributed by atoms with Crippen LogP contribution < -0.4 is 25.1 Å². The first-order valence-electron chi connectivity index (χ1n) is 11.7. The number of halogens is 1. The van der Waals surface area contributed by atoms with Crippen molar-refractivity contribution in [2.45, 2.75) is 31.5 Å². The fourth-order valence-corrected chi connectivity index (χ4v) is 5.03. The number of fused-ring (bicyclic) bond motifs is 1. The van der Waals surface area contributed by atoms with E-state index in [1.165, 1.54) is 6.07 Å². The van der Waals surface area contributed by atoms with Crippen molar-refractivity contribution in [3.63, 3.8) is 0 Å². The van der Waals surface area contributed by atoms with Gasteiger partial charge in [0.05, 0.1) is 17.3 Å². The Kier molecular flexibility index (Phi) is 5.54. The zero-order chi connectivity index (χ0) is 23.1. The molecule has 3 aromatic rings. The lowest BCUT2D eigenvalue weighted by Crippen LogP contribution is -2.46. The molecule has 10 heteroatoms. The van der Waals surface area contributed by atoms with Crippen molar-refractivity contribution >= 4 is 10.9 Å². The summed E-state index contributed by atoms with van der Waals surface area (Å²) in [7, 11) is 0. The smallest absolute Gasteiger partial charge is 0.276 e. The quantitative estimate of drug-likeness (QED) is 0.609. The Bertz CT molecular complexity index is 1270. The van der Waals surface area contributed by atoms with Gasteiger partial charge in [0.25, 0.3) is 11.4 Å². The third kappa shape index (κ3) is 3.97. The van der Waals surface area contributed by atoms with Crippen molar-refractivity contribution in [3.8, 4) is 17.4 Å². The van der Waals surface area contributed by atoms with Gasteiger partial charge in [0.2, 0.25) is 0 Å². The molecular weight excluding hydrogens is 441 g/mol. The van der Waals surface area contributed by atoms with Gasteiger partial charge < -0.3 is 24.4 Å². The van der Waals surface area contributed by atoms with Gasteiger partial charge in [0.1, 0.15) is 19.8 Å². The van der Waals surface area contributed by atoms with Crippen LogP contribution in [0.5, 0.6) is 17.4 Å². The maximum absolute atomic E-state index is 14.3. The summed E-state index contributed by atoms with van der Waals surface area (Å²) in [6.07, 6.45) is 1.96. The molecule has 1 aromatic carbocycles. The predicted octanol–water partition coefficient (Wildman–Crippen LogP) is 1.89. The van der Waals surface area contributed by atoms with Gasteiger partial charge >= 0.3 is 0 Å². The molecular formula is C24H26FN5O4. The van der Waals surface area contributed by atoms with Crippen molar-refractivity contribution in [2.75, 3.05) is 39.5 Å². The molecule has 1 fully saturated rings. The first-order valence-corrected chi connectivity index (χ1v) is 11.7. The molecule has 178 valence electrons. The number of ether oxygens (including phenoxy) is 3. The van der Waals surface area contributed by atoms with Crippen molar-refractivity contribution in [1.29, 1.82) is 0 Å². The second-order valence-electron chi connectivity index (χ2n) is 8.98. The van der Waals surface area contributed by atoms with E-state index in [4.69, 9.17) is 14.2 Å². The average Bonchev–Trinajstić information content (AvgIpc) is 2.87. The Hall–Kier alpha value is -3.24. The molecule has 1 saturated heterocycles. The molecule has 1 atom stereocenters. The number of nitrogens with one attached hydrogen (secondary N) is 1. The number of aromatic nitrogens is 3. The van der Waals surface area contributed by atoms with Crippen molar-refractivity contribution in [3.05, 3.63) is 52.2 Å². The summed E-state index contributed by atoms with van der Waals surface area (Å²) in [5.41, 5.74) is 1.26. The SMILES string of the molecule is O=c1ccc2ccc(F)c3c2n1[C@H](CN1CCC(NCc2cc4c(nn2)OCCO4)CC1)CO3. The van der Waals surface area contributed by atoms with Gasteiger partial charge in [0.15, 0.2) is 17.3 Å². The molecule has 34 heavy (non-hydrogen) atoms. The molecule has 0 radical (unpaired) electrons. The number of nitrogens with zero attached hydrogens (tertiary/aromatic N) is 4. The summed E-state index contributed by atoms with van der Waals surface area (Å²) in [4.78, 5) is 15.1. The Morgan fingerprint density at radius 2 is 1.88 bits per heavy atom. The van der Waals surface area contributed by atoms with E-state index in [2.05, 4.69) is 20.4 Å². The molecule has 2 aromatic heterocycles. The average molecular weight is 468 g/mol. The topological polar surface area (TPSA) is 90.7 Å². The Morgan fingerprint density at radius 3 is 2.76 bits per heavy atom. The highest BCUT2D eigenvalue weighted by atomic mass is 19.1. The zero-order valence-corrected chi connectivity index (χ0v) is 18.7. The van der Waals surface area contributed by atoms with E-state index < -0.39 is 5.82 Å². The van der Waals surface area contributed by atoms with Crippen LogP contribution in [0.2, 0.25) is 0 Å². The number of hydrogen-bond donors (Lipinski definition) is 1. The van der Waals surface area contributed by atoms with E-state index >= 15 is 0 Å². The van der Waals surface area contributed by atoms with Crippen LogP contribution >= 0.6 is 0 Å². The van der Waals surface area contributed by atoms with Gasteiger partial charge in [-0.25, -0.2) is 4.39 Å². The Morgan fingerprint density at radius 1 is 1.06 bits per heavy atom. The lowest BCUT2D eigenvalue weighted by molar-refractivity contribution is 0.137. The van der Waals surface area contributed by atoms with E-state index in [1.54, 1.807) is 22.8 Å². The van der Waals surface area contributed by atoms with E-state index in [-0.39, 0.29) is 24.0 Å². The number of piperidine rings is 1. The molecule has 6 rings (SSSR count). The third-order valence-corrected chi connectivity index (χ3v) is 6.77. The number of rotatable bonds is 5.